The van der Waals surface area contributed by atoms with Gasteiger partial charge in [-0.15, -0.1) is 0 Å². The van der Waals surface area contributed by atoms with E-state index in [9.17, 15) is 9.69 Å². The molecule has 0 radical (unpaired) electrons. The van der Waals surface area contributed by atoms with Crippen LogP contribution in [-0.2, 0) is 18.6 Å². The molecule has 2 unspecified atom stereocenters. The number of ketones is 1. The molecule has 222 valence electrons. The number of carbonyl (C=O) groups excluding carboxylic acids is 1. The van der Waals surface area contributed by atoms with Crippen molar-refractivity contribution >= 4 is 14.4 Å². The van der Waals surface area contributed by atoms with Crippen LogP contribution in [0, 0.1) is 5.92 Å². The summed E-state index contributed by atoms with van der Waals surface area (Å²) in [5.41, 5.74) is 0. The highest BCUT2D eigenvalue weighted by Crippen LogP contribution is 2.33. The summed E-state index contributed by atoms with van der Waals surface area (Å²) in [5, 5.41) is 0. The smallest absolute Gasteiger partial charge is 0.329 e. The highest BCUT2D eigenvalue weighted by molar-refractivity contribution is 7.40. The van der Waals surface area contributed by atoms with Crippen LogP contribution in [0.25, 0.3) is 0 Å². The number of hydrogen-bond donors (Lipinski definition) is 1. The summed E-state index contributed by atoms with van der Waals surface area (Å²) in [6, 6.07) is 0. The molecule has 2 atom stereocenters. The van der Waals surface area contributed by atoms with E-state index < -0.39 is 8.60 Å². The molecule has 0 amide bonds. The van der Waals surface area contributed by atoms with Crippen LogP contribution in [0.1, 0.15) is 136 Å². The third-order valence-corrected chi connectivity index (χ3v) is 7.44. The Labute approximate surface area is 231 Å². The van der Waals surface area contributed by atoms with Gasteiger partial charge in [-0.1, -0.05) is 104 Å². The fraction of sp³-hybridized carbons (Fsp3) is 0.967. The fourth-order valence-corrected chi connectivity index (χ4v) is 5.12. The molecular formula is C30H62NO5P. The predicted molar refractivity (Wildman–Crippen MR) is 158 cm³/mol. The molecule has 0 fully saturated rings. The van der Waals surface area contributed by atoms with E-state index >= 15 is 0 Å². The van der Waals surface area contributed by atoms with Crippen LogP contribution >= 0.6 is 8.60 Å². The number of nitrogens with zero attached hydrogens (tertiary/aromatic N) is 1. The molecule has 7 heteroatoms. The first-order valence-corrected chi connectivity index (χ1v) is 16.6. The molecule has 6 nitrogen and oxygen atoms in total. The highest BCUT2D eigenvalue weighted by atomic mass is 31.2. The summed E-state index contributed by atoms with van der Waals surface area (Å²) in [6.07, 6.45) is 23.0. The SMILES string of the molecule is CCCCCCCCCCCCCCCCCOCC(COP(O)OCCCN(C)C)CC(=O)CCC. The first-order valence-electron chi connectivity index (χ1n) is 15.5. The van der Waals surface area contributed by atoms with E-state index in [2.05, 4.69) is 11.8 Å². The van der Waals surface area contributed by atoms with Crippen LogP contribution in [0.3, 0.4) is 0 Å². The molecule has 0 heterocycles. The standard InChI is InChI=1S/C30H62NO5P/c1-5-7-8-9-10-11-12-13-14-15-16-17-18-19-20-24-34-27-29(26-30(32)22-6-2)28-36-37(33)35-25-21-23-31(3)4/h29,33H,5-28H2,1-4H3. The average Bonchev–Trinajstić information content (AvgIpc) is 2.86. The van der Waals surface area contributed by atoms with Gasteiger partial charge in [0, 0.05) is 25.4 Å². The molecule has 0 aliphatic carbocycles. The highest BCUT2D eigenvalue weighted by Gasteiger charge is 2.17. The number of ether oxygens (including phenoxy) is 1. The monoisotopic (exact) mass is 547 g/mol. The molecular weight excluding hydrogens is 485 g/mol. The van der Waals surface area contributed by atoms with Gasteiger partial charge in [0.05, 0.1) is 19.8 Å². The number of rotatable bonds is 30. The number of unbranched alkanes of at least 4 members (excludes halogenated alkanes) is 14. The van der Waals surface area contributed by atoms with Crippen LogP contribution < -0.4 is 0 Å². The molecule has 37 heavy (non-hydrogen) atoms. The second kappa shape index (κ2) is 28.9. The van der Waals surface area contributed by atoms with Crippen molar-refractivity contribution in [2.24, 2.45) is 5.92 Å². The zero-order valence-corrected chi connectivity index (χ0v) is 25.9. The summed E-state index contributed by atoms with van der Waals surface area (Å²) in [6.45, 7) is 7.19. The Bertz CT molecular complexity index is 481. The molecule has 0 aromatic rings. The summed E-state index contributed by atoms with van der Waals surface area (Å²) >= 11 is 0. The topological polar surface area (TPSA) is 68.2 Å². The lowest BCUT2D eigenvalue weighted by Gasteiger charge is -2.18. The minimum absolute atomic E-state index is 0.0297. The maximum absolute atomic E-state index is 12.2. The van der Waals surface area contributed by atoms with Crippen LogP contribution in [0.2, 0.25) is 0 Å². The van der Waals surface area contributed by atoms with Crippen molar-refractivity contribution in [2.75, 3.05) is 47.1 Å². The third kappa shape index (κ3) is 28.7. The first kappa shape index (κ1) is 36.9. The molecule has 0 aromatic carbocycles. The minimum Gasteiger partial charge on any atom is -0.381 e. The molecule has 0 saturated heterocycles. The lowest BCUT2D eigenvalue weighted by Crippen LogP contribution is -2.20. The minimum atomic E-state index is -1.90. The average molecular weight is 548 g/mol. The summed E-state index contributed by atoms with van der Waals surface area (Å²) < 4.78 is 16.8. The van der Waals surface area contributed by atoms with Gasteiger partial charge in [-0.3, -0.25) is 4.79 Å². The van der Waals surface area contributed by atoms with Crippen LogP contribution in [0.4, 0.5) is 0 Å². The second-order valence-corrected chi connectivity index (χ2v) is 11.9. The Balaban J connectivity index is 3.76. The van der Waals surface area contributed by atoms with Gasteiger partial charge in [0.25, 0.3) is 0 Å². The van der Waals surface area contributed by atoms with Crippen LogP contribution in [0.5, 0.6) is 0 Å². The van der Waals surface area contributed by atoms with Gasteiger partial charge < -0.3 is 23.6 Å². The fourth-order valence-electron chi connectivity index (χ4n) is 4.42. The molecule has 0 aliphatic rings. The van der Waals surface area contributed by atoms with Crippen molar-refractivity contribution in [3.05, 3.63) is 0 Å². The van der Waals surface area contributed by atoms with Gasteiger partial charge >= 0.3 is 8.60 Å². The van der Waals surface area contributed by atoms with Crippen molar-refractivity contribution < 1.29 is 23.5 Å². The van der Waals surface area contributed by atoms with Gasteiger partial charge in [0.2, 0.25) is 0 Å². The van der Waals surface area contributed by atoms with Gasteiger partial charge in [0.15, 0.2) is 0 Å². The largest absolute Gasteiger partial charge is 0.381 e. The molecule has 1 N–H and O–H groups in total. The van der Waals surface area contributed by atoms with E-state index in [4.69, 9.17) is 13.8 Å². The Morgan fingerprint density at radius 3 is 1.76 bits per heavy atom. The quantitative estimate of drug-likeness (QED) is 0.0719. The predicted octanol–water partition coefficient (Wildman–Crippen LogP) is 8.45. The van der Waals surface area contributed by atoms with Crippen molar-refractivity contribution in [1.29, 1.82) is 0 Å². The van der Waals surface area contributed by atoms with Gasteiger partial charge in [-0.25, -0.2) is 0 Å². The van der Waals surface area contributed by atoms with E-state index in [1.54, 1.807) is 0 Å². The lowest BCUT2D eigenvalue weighted by molar-refractivity contribution is -0.120. The van der Waals surface area contributed by atoms with Crippen LogP contribution in [0.15, 0.2) is 0 Å². The van der Waals surface area contributed by atoms with Gasteiger partial charge in [-0.05, 0) is 39.9 Å². The molecule has 0 saturated carbocycles. The summed E-state index contributed by atoms with van der Waals surface area (Å²) in [7, 11) is 2.12. The van der Waals surface area contributed by atoms with Crippen molar-refractivity contribution in [3.63, 3.8) is 0 Å². The summed E-state index contributed by atoms with van der Waals surface area (Å²) in [4.78, 5) is 24.2. The number of hydrogen-bond acceptors (Lipinski definition) is 6. The van der Waals surface area contributed by atoms with Gasteiger partial charge in [-0.2, -0.15) is 0 Å². The van der Waals surface area contributed by atoms with Crippen molar-refractivity contribution in [3.8, 4) is 0 Å². The van der Waals surface area contributed by atoms with Crippen LogP contribution in [-0.4, -0.2) is 62.6 Å². The second-order valence-electron chi connectivity index (χ2n) is 10.9. The molecule has 0 aliphatic heterocycles. The first-order chi connectivity index (χ1) is 18.0. The van der Waals surface area contributed by atoms with E-state index in [-0.39, 0.29) is 11.7 Å². The third-order valence-electron chi connectivity index (χ3n) is 6.66. The molecule has 0 aromatic heterocycles. The Morgan fingerprint density at radius 2 is 1.24 bits per heavy atom. The van der Waals surface area contributed by atoms with Crippen molar-refractivity contribution in [1.82, 2.24) is 4.90 Å². The maximum atomic E-state index is 12.2. The zero-order valence-electron chi connectivity index (χ0n) is 25.0. The van der Waals surface area contributed by atoms with E-state index in [1.165, 1.54) is 89.9 Å². The molecule has 0 spiro atoms. The molecule has 0 rings (SSSR count). The Hall–Kier alpha value is -0.100. The Morgan fingerprint density at radius 1 is 0.703 bits per heavy atom. The normalized spacial score (nSPS) is 13.4. The number of Topliss-reactive ketones (excluding diaryl/α,β-unsaturated/α-hetero) is 1. The maximum Gasteiger partial charge on any atom is 0.329 e. The molecule has 0 bridgehead atoms. The van der Waals surface area contributed by atoms with Crippen molar-refractivity contribution in [2.45, 2.75) is 136 Å². The number of carbonyl (C=O) groups is 1. The van der Waals surface area contributed by atoms with E-state index in [1.807, 2.05) is 21.0 Å². The van der Waals surface area contributed by atoms with E-state index in [0.29, 0.717) is 32.7 Å². The van der Waals surface area contributed by atoms with Gasteiger partial charge in [0.1, 0.15) is 5.78 Å². The Kier molecular flexibility index (Phi) is 28.8. The zero-order chi connectivity index (χ0) is 27.4. The summed E-state index contributed by atoms with van der Waals surface area (Å²) in [5.74, 6) is 0.207. The lowest BCUT2D eigenvalue weighted by atomic mass is 10.0. The van der Waals surface area contributed by atoms with E-state index in [0.717, 1.165) is 32.4 Å².